The zero-order valence-corrected chi connectivity index (χ0v) is 7.70. The molecule has 2 nitrogen and oxygen atoms in total. The maximum Gasteiger partial charge on any atom is 0.418 e. The Balaban J connectivity index is 3.53. The number of alkyl halides is 5. The minimum absolute atomic E-state index is 0.589. The van der Waals surface area contributed by atoms with Crippen molar-refractivity contribution in [1.82, 2.24) is 4.98 Å². The molecular weight excluding hydrogens is 243 g/mol. The summed E-state index contributed by atoms with van der Waals surface area (Å²) in [5.41, 5.74) is 1.93. The van der Waals surface area contributed by atoms with Crippen molar-refractivity contribution in [3.63, 3.8) is 0 Å². The van der Waals surface area contributed by atoms with E-state index in [4.69, 9.17) is 17.3 Å². The summed E-state index contributed by atoms with van der Waals surface area (Å²) in [7, 11) is 0. The smallest absolute Gasteiger partial charge is 0.383 e. The van der Waals surface area contributed by atoms with Crippen molar-refractivity contribution in [2.45, 2.75) is 12.6 Å². The third-order valence-corrected chi connectivity index (χ3v) is 1.89. The Hall–Kier alpha value is -1.11. The highest BCUT2D eigenvalue weighted by molar-refractivity contribution is 6.31. The Bertz CT molecular complexity index is 376. The summed E-state index contributed by atoms with van der Waals surface area (Å²) in [4.78, 5) is 3.14. The highest BCUT2D eigenvalue weighted by Crippen LogP contribution is 2.42. The van der Waals surface area contributed by atoms with Crippen LogP contribution in [0.15, 0.2) is 6.20 Å². The van der Waals surface area contributed by atoms with Gasteiger partial charge in [0.05, 0.1) is 16.1 Å². The van der Waals surface area contributed by atoms with Gasteiger partial charge in [0.1, 0.15) is 5.82 Å². The summed E-state index contributed by atoms with van der Waals surface area (Å²) in [6.45, 7) is 0. The van der Waals surface area contributed by atoms with Gasteiger partial charge in [-0.2, -0.15) is 13.2 Å². The van der Waals surface area contributed by atoms with E-state index in [1.807, 2.05) is 0 Å². The van der Waals surface area contributed by atoms with Crippen molar-refractivity contribution in [3.05, 3.63) is 22.3 Å². The molecule has 84 valence electrons. The van der Waals surface area contributed by atoms with Crippen molar-refractivity contribution in [2.24, 2.45) is 0 Å². The number of hydrogen-bond donors (Lipinski definition) is 1. The summed E-state index contributed by atoms with van der Waals surface area (Å²) in [6, 6.07) is 0. The first kappa shape index (κ1) is 12.0. The molecule has 2 N–H and O–H groups in total. The molecule has 0 aliphatic heterocycles. The van der Waals surface area contributed by atoms with Crippen LogP contribution in [0.2, 0.25) is 5.02 Å². The number of halogens is 6. The second-order valence-corrected chi connectivity index (χ2v) is 2.99. The van der Waals surface area contributed by atoms with Crippen molar-refractivity contribution in [2.75, 3.05) is 5.73 Å². The monoisotopic (exact) mass is 246 g/mol. The Morgan fingerprint density at radius 2 is 1.87 bits per heavy atom. The van der Waals surface area contributed by atoms with Crippen LogP contribution in [-0.4, -0.2) is 4.98 Å². The van der Waals surface area contributed by atoms with Crippen LogP contribution in [0.4, 0.5) is 27.8 Å². The largest absolute Gasteiger partial charge is 0.418 e. The van der Waals surface area contributed by atoms with Crippen LogP contribution in [0.5, 0.6) is 0 Å². The lowest BCUT2D eigenvalue weighted by Gasteiger charge is -2.14. The van der Waals surface area contributed by atoms with E-state index in [2.05, 4.69) is 4.98 Å². The summed E-state index contributed by atoms with van der Waals surface area (Å²) in [5, 5.41) is -0.896. The third kappa shape index (κ3) is 2.28. The quantitative estimate of drug-likeness (QED) is 0.773. The normalized spacial score (nSPS) is 12.2. The summed E-state index contributed by atoms with van der Waals surface area (Å²) >= 11 is 5.16. The van der Waals surface area contributed by atoms with Crippen LogP contribution in [0.25, 0.3) is 0 Å². The average Bonchev–Trinajstić information content (AvgIpc) is 2.05. The van der Waals surface area contributed by atoms with E-state index in [0.29, 0.717) is 6.20 Å². The molecule has 1 aromatic heterocycles. The zero-order valence-electron chi connectivity index (χ0n) is 6.95. The average molecular weight is 247 g/mol. The van der Waals surface area contributed by atoms with Gasteiger partial charge in [-0.25, -0.2) is 13.8 Å². The fourth-order valence-corrected chi connectivity index (χ4v) is 1.28. The van der Waals surface area contributed by atoms with Crippen molar-refractivity contribution in [3.8, 4) is 0 Å². The first-order chi connectivity index (χ1) is 6.75. The van der Waals surface area contributed by atoms with E-state index in [1.54, 1.807) is 0 Å². The van der Waals surface area contributed by atoms with Gasteiger partial charge in [0.25, 0.3) is 6.43 Å². The molecule has 15 heavy (non-hydrogen) atoms. The van der Waals surface area contributed by atoms with E-state index in [9.17, 15) is 22.0 Å². The fourth-order valence-electron chi connectivity index (χ4n) is 1.03. The number of nitrogen functional groups attached to an aromatic ring is 1. The van der Waals surface area contributed by atoms with Crippen molar-refractivity contribution >= 4 is 17.4 Å². The van der Waals surface area contributed by atoms with Crippen LogP contribution in [-0.2, 0) is 6.18 Å². The molecule has 0 fully saturated rings. The van der Waals surface area contributed by atoms with Crippen LogP contribution < -0.4 is 5.73 Å². The molecule has 0 saturated heterocycles. The van der Waals surface area contributed by atoms with Gasteiger partial charge in [0.2, 0.25) is 0 Å². The van der Waals surface area contributed by atoms with Crippen LogP contribution in [0.3, 0.4) is 0 Å². The second kappa shape index (κ2) is 3.80. The van der Waals surface area contributed by atoms with E-state index in [1.165, 1.54) is 0 Å². The molecule has 8 heteroatoms. The number of rotatable bonds is 1. The first-order valence-electron chi connectivity index (χ1n) is 3.54. The zero-order chi connectivity index (χ0) is 11.8. The minimum Gasteiger partial charge on any atom is -0.383 e. The Kier molecular flexibility index (Phi) is 3.03. The number of nitrogens with zero attached hydrogens (tertiary/aromatic N) is 1. The fraction of sp³-hybridized carbons (Fsp3) is 0.286. The Labute approximate surface area is 85.9 Å². The molecule has 0 aromatic carbocycles. The van der Waals surface area contributed by atoms with E-state index >= 15 is 0 Å². The second-order valence-electron chi connectivity index (χ2n) is 2.58. The van der Waals surface area contributed by atoms with Crippen LogP contribution >= 0.6 is 11.6 Å². The predicted octanol–water partition coefficient (Wildman–Crippen LogP) is 3.27. The van der Waals surface area contributed by atoms with Crippen LogP contribution in [0, 0.1) is 0 Å². The summed E-state index contributed by atoms with van der Waals surface area (Å²) in [5.74, 6) is -0.873. The molecule has 0 radical (unpaired) electrons. The molecule has 0 aliphatic rings. The minimum atomic E-state index is -4.99. The molecule has 1 aromatic rings. The van der Waals surface area contributed by atoms with Gasteiger partial charge < -0.3 is 5.73 Å². The van der Waals surface area contributed by atoms with Crippen molar-refractivity contribution in [1.29, 1.82) is 0 Å². The lowest BCUT2D eigenvalue weighted by Crippen LogP contribution is -2.13. The Morgan fingerprint density at radius 1 is 1.33 bits per heavy atom. The number of aromatic nitrogens is 1. The van der Waals surface area contributed by atoms with E-state index in [0.717, 1.165) is 0 Å². The highest BCUT2D eigenvalue weighted by Gasteiger charge is 2.39. The van der Waals surface area contributed by atoms with Gasteiger partial charge in [-0.05, 0) is 0 Å². The SMILES string of the molecule is Nc1ncc(Cl)c(C(F)(F)F)c1C(F)F. The standard InChI is InChI=1S/C7H4ClF5N2/c8-2-1-15-6(14)3(5(9)10)4(2)7(11,12)13/h1,5H,(H2,14,15). The van der Waals surface area contributed by atoms with Gasteiger partial charge in [-0.1, -0.05) is 11.6 Å². The first-order valence-corrected chi connectivity index (χ1v) is 3.92. The molecule has 0 spiro atoms. The van der Waals surface area contributed by atoms with Crippen LogP contribution in [0.1, 0.15) is 17.6 Å². The summed E-state index contributed by atoms with van der Waals surface area (Å²) < 4.78 is 61.7. The molecule has 0 bridgehead atoms. The molecule has 0 unspecified atom stereocenters. The summed E-state index contributed by atoms with van der Waals surface area (Å²) in [6.07, 6.45) is -7.78. The van der Waals surface area contributed by atoms with Gasteiger partial charge >= 0.3 is 6.18 Å². The number of pyridine rings is 1. The molecule has 0 saturated carbocycles. The van der Waals surface area contributed by atoms with Gasteiger partial charge in [-0.3, -0.25) is 0 Å². The molecule has 1 rings (SSSR count). The highest BCUT2D eigenvalue weighted by atomic mass is 35.5. The van der Waals surface area contributed by atoms with Gasteiger partial charge in [-0.15, -0.1) is 0 Å². The predicted molar refractivity (Wildman–Crippen MR) is 43.6 cm³/mol. The molecule has 0 aliphatic carbocycles. The maximum absolute atomic E-state index is 12.3. The number of anilines is 1. The van der Waals surface area contributed by atoms with E-state index < -0.39 is 34.6 Å². The molecule has 1 heterocycles. The maximum atomic E-state index is 12.3. The number of hydrogen-bond acceptors (Lipinski definition) is 2. The van der Waals surface area contributed by atoms with Crippen molar-refractivity contribution < 1.29 is 22.0 Å². The molecule has 0 atom stereocenters. The van der Waals surface area contributed by atoms with E-state index in [-0.39, 0.29) is 0 Å². The lowest BCUT2D eigenvalue weighted by molar-refractivity contribution is -0.139. The van der Waals surface area contributed by atoms with Gasteiger partial charge in [0.15, 0.2) is 0 Å². The number of nitrogens with two attached hydrogens (primary N) is 1. The third-order valence-electron chi connectivity index (χ3n) is 1.60. The Morgan fingerprint density at radius 3 is 2.20 bits per heavy atom. The van der Waals surface area contributed by atoms with Gasteiger partial charge in [0, 0.05) is 6.20 Å². The lowest BCUT2D eigenvalue weighted by atomic mass is 10.1. The molecular formula is C7H4ClF5N2. The topological polar surface area (TPSA) is 38.9 Å². The molecule has 0 amide bonds.